The number of pyridine rings is 1. The summed E-state index contributed by atoms with van der Waals surface area (Å²) in [7, 11) is 1.44. The number of carbonyl (C=O) groups excluding carboxylic acids is 1. The number of nitrogens with one attached hydrogen (secondary N) is 1. The Morgan fingerprint density at radius 1 is 1.47 bits per heavy atom. The molecule has 1 amide bonds. The highest BCUT2D eigenvalue weighted by Crippen LogP contribution is 2.25. The zero-order valence-corrected chi connectivity index (χ0v) is 19.0. The monoisotopic (exact) mass is 539 g/mol. The minimum Gasteiger partial charge on any atom is -0.380 e. The smallest absolute Gasteiger partial charge is 0.284 e. The van der Waals surface area contributed by atoms with Crippen LogP contribution in [0.15, 0.2) is 37.0 Å². The molecule has 1 aromatic carbocycles. The second-order valence-corrected chi connectivity index (χ2v) is 7.60. The lowest BCUT2D eigenvalue weighted by Crippen LogP contribution is -2.33. The topological polar surface area (TPSA) is 140 Å². The van der Waals surface area contributed by atoms with Gasteiger partial charge in [-0.05, 0) is 44.8 Å². The molecule has 2 rings (SSSR count). The number of nitro groups is 1. The highest BCUT2D eigenvalue weighted by molar-refractivity contribution is 9.11. The van der Waals surface area contributed by atoms with E-state index in [1.807, 2.05) is 6.07 Å². The van der Waals surface area contributed by atoms with E-state index < -0.39 is 16.4 Å². The van der Waals surface area contributed by atoms with Crippen LogP contribution in [0.3, 0.4) is 0 Å². The van der Waals surface area contributed by atoms with Crippen molar-refractivity contribution in [3.8, 4) is 6.07 Å². The largest absolute Gasteiger partial charge is 0.380 e. The lowest BCUT2D eigenvalue weighted by Gasteiger charge is -2.15. The van der Waals surface area contributed by atoms with Crippen LogP contribution in [-0.4, -0.2) is 28.7 Å². The number of ether oxygens (including phenoxy) is 1. The minimum absolute atomic E-state index is 0.0657. The van der Waals surface area contributed by atoms with E-state index in [1.54, 1.807) is 13.0 Å². The summed E-state index contributed by atoms with van der Waals surface area (Å²) in [6, 6.07) is 6.21. The Morgan fingerprint density at radius 2 is 2.17 bits per heavy atom. The Labute approximate surface area is 187 Å². The van der Waals surface area contributed by atoms with E-state index >= 15 is 0 Å². The molecule has 2 aromatic rings. The summed E-state index contributed by atoms with van der Waals surface area (Å²) in [5.74, 6) is -0.613. The summed E-state index contributed by atoms with van der Waals surface area (Å²) >= 11 is 6.43. The van der Waals surface area contributed by atoms with Crippen molar-refractivity contribution >= 4 is 49.7 Å². The van der Waals surface area contributed by atoms with Gasteiger partial charge < -0.3 is 9.30 Å². The van der Waals surface area contributed by atoms with Gasteiger partial charge in [-0.25, -0.2) is 5.43 Å². The first kappa shape index (κ1) is 23.4. The molecule has 0 unspecified atom stereocenters. The SMILES string of the molecule is COCc1c(Br)c(C)n(CC(=O)N/N=C\c2ccc(Br)c([N+](=O)[O-])c2)c(=O)c1C#N. The van der Waals surface area contributed by atoms with Crippen LogP contribution in [0.4, 0.5) is 5.69 Å². The maximum Gasteiger partial charge on any atom is 0.284 e. The molecule has 0 fully saturated rings. The highest BCUT2D eigenvalue weighted by Gasteiger charge is 2.19. The second-order valence-electron chi connectivity index (χ2n) is 5.95. The fourth-order valence-corrected chi connectivity index (χ4v) is 3.47. The first-order chi connectivity index (χ1) is 14.2. The van der Waals surface area contributed by atoms with Crippen molar-refractivity contribution in [3.05, 3.63) is 70.0 Å². The molecular weight excluding hydrogens is 526 g/mol. The molecule has 1 N–H and O–H groups in total. The standard InChI is InChI=1S/C18H15Br2N5O5/c1-10-17(20)13(9-30-2)12(6-21)18(27)24(10)8-16(26)23-22-7-11-3-4-14(19)15(5-11)25(28)29/h3-5,7H,8-9H2,1-2H3,(H,23,26)/b22-7-. The third-order valence-electron chi connectivity index (χ3n) is 4.02. The molecule has 1 aromatic heterocycles. The number of nitro benzene ring substituents is 1. The highest BCUT2D eigenvalue weighted by atomic mass is 79.9. The van der Waals surface area contributed by atoms with Gasteiger partial charge in [-0.15, -0.1) is 0 Å². The molecule has 0 saturated carbocycles. The van der Waals surface area contributed by atoms with Gasteiger partial charge in [0, 0.05) is 34.5 Å². The number of aromatic nitrogens is 1. The van der Waals surface area contributed by atoms with Crippen LogP contribution in [0.25, 0.3) is 0 Å². The lowest BCUT2D eigenvalue weighted by atomic mass is 10.1. The average molecular weight is 541 g/mol. The number of nitrogens with zero attached hydrogens (tertiary/aromatic N) is 4. The number of benzene rings is 1. The maximum atomic E-state index is 12.6. The van der Waals surface area contributed by atoms with E-state index in [1.165, 1.54) is 25.5 Å². The zero-order chi connectivity index (χ0) is 22.4. The van der Waals surface area contributed by atoms with Gasteiger partial charge in [0.05, 0.1) is 22.2 Å². The van der Waals surface area contributed by atoms with Crippen LogP contribution in [0.5, 0.6) is 0 Å². The van der Waals surface area contributed by atoms with Crippen molar-refractivity contribution in [2.75, 3.05) is 7.11 Å². The van der Waals surface area contributed by atoms with Gasteiger partial charge in [0.25, 0.3) is 17.2 Å². The molecule has 0 aliphatic heterocycles. The van der Waals surface area contributed by atoms with Gasteiger partial charge in [-0.2, -0.15) is 10.4 Å². The number of methoxy groups -OCH3 is 1. The van der Waals surface area contributed by atoms with Gasteiger partial charge in [0.2, 0.25) is 0 Å². The molecule has 0 atom stereocenters. The average Bonchev–Trinajstić information content (AvgIpc) is 2.70. The summed E-state index contributed by atoms with van der Waals surface area (Å²) in [5, 5.41) is 24.1. The Kier molecular flexibility index (Phi) is 7.99. The maximum absolute atomic E-state index is 12.6. The number of rotatable bonds is 7. The van der Waals surface area contributed by atoms with Crippen molar-refractivity contribution in [2.24, 2.45) is 5.10 Å². The molecule has 156 valence electrons. The molecule has 0 saturated heterocycles. The molecule has 30 heavy (non-hydrogen) atoms. The number of halogens is 2. The number of hydrogen-bond donors (Lipinski definition) is 1. The third kappa shape index (κ3) is 5.18. The molecule has 0 spiro atoms. The number of carbonyl (C=O) groups is 1. The van der Waals surface area contributed by atoms with Crippen LogP contribution >= 0.6 is 31.9 Å². The summed E-state index contributed by atoms with van der Waals surface area (Å²) in [5.41, 5.74) is 2.65. The van der Waals surface area contributed by atoms with Gasteiger partial charge in [0.1, 0.15) is 18.2 Å². The van der Waals surface area contributed by atoms with Crippen molar-refractivity contribution in [1.29, 1.82) is 5.26 Å². The van der Waals surface area contributed by atoms with Gasteiger partial charge >= 0.3 is 0 Å². The molecule has 12 heteroatoms. The molecule has 1 heterocycles. The van der Waals surface area contributed by atoms with Crippen LogP contribution in [0, 0.1) is 28.4 Å². The van der Waals surface area contributed by atoms with E-state index in [4.69, 9.17) is 4.74 Å². The molecular formula is C18H15Br2N5O5. The summed E-state index contributed by atoms with van der Waals surface area (Å²) in [4.78, 5) is 35.3. The second kappa shape index (κ2) is 10.2. The minimum atomic E-state index is -0.618. The first-order valence-corrected chi connectivity index (χ1v) is 9.86. The lowest BCUT2D eigenvalue weighted by molar-refractivity contribution is -0.385. The predicted molar refractivity (Wildman–Crippen MR) is 115 cm³/mol. The Balaban J connectivity index is 2.21. The third-order valence-corrected chi connectivity index (χ3v) is 5.74. The van der Waals surface area contributed by atoms with E-state index in [0.29, 0.717) is 25.8 Å². The summed E-state index contributed by atoms with van der Waals surface area (Å²) in [6.45, 7) is 1.32. The Hall–Kier alpha value is -2.88. The molecule has 0 radical (unpaired) electrons. The molecule has 0 aliphatic rings. The van der Waals surface area contributed by atoms with Crippen molar-refractivity contribution in [2.45, 2.75) is 20.1 Å². The van der Waals surface area contributed by atoms with Crippen molar-refractivity contribution < 1.29 is 14.5 Å². The zero-order valence-electron chi connectivity index (χ0n) is 15.8. The number of hydrogen-bond acceptors (Lipinski definition) is 7. The van der Waals surface area contributed by atoms with E-state index in [0.717, 1.165) is 4.57 Å². The van der Waals surface area contributed by atoms with Crippen molar-refractivity contribution in [1.82, 2.24) is 9.99 Å². The quantitative estimate of drug-likeness (QED) is 0.325. The van der Waals surface area contributed by atoms with E-state index in [-0.39, 0.29) is 24.4 Å². The molecule has 10 nitrogen and oxygen atoms in total. The molecule has 0 aliphatic carbocycles. The van der Waals surface area contributed by atoms with Crippen LogP contribution in [-0.2, 0) is 22.7 Å². The van der Waals surface area contributed by atoms with Crippen LogP contribution in [0.2, 0.25) is 0 Å². The Bertz CT molecular complexity index is 1140. The number of nitriles is 1. The van der Waals surface area contributed by atoms with Gasteiger partial charge in [-0.3, -0.25) is 19.7 Å². The number of amides is 1. The normalized spacial score (nSPS) is 10.8. The predicted octanol–water partition coefficient (Wildman–Crippen LogP) is 2.76. The molecule has 0 bridgehead atoms. The van der Waals surface area contributed by atoms with Gasteiger partial charge in [0.15, 0.2) is 0 Å². The summed E-state index contributed by atoms with van der Waals surface area (Å²) in [6.07, 6.45) is 1.24. The summed E-state index contributed by atoms with van der Waals surface area (Å²) < 4.78 is 7.00. The van der Waals surface area contributed by atoms with Crippen molar-refractivity contribution in [3.63, 3.8) is 0 Å². The van der Waals surface area contributed by atoms with Gasteiger partial charge in [-0.1, -0.05) is 6.07 Å². The van der Waals surface area contributed by atoms with Crippen LogP contribution < -0.4 is 11.0 Å². The fraction of sp³-hybridized carbons (Fsp3) is 0.222. The first-order valence-electron chi connectivity index (χ1n) is 8.27. The fourth-order valence-electron chi connectivity index (χ4n) is 2.56. The van der Waals surface area contributed by atoms with E-state index in [2.05, 4.69) is 42.4 Å². The number of hydrazone groups is 1. The van der Waals surface area contributed by atoms with Crippen LogP contribution in [0.1, 0.15) is 22.4 Å². The Morgan fingerprint density at radius 3 is 2.77 bits per heavy atom. The van der Waals surface area contributed by atoms with E-state index in [9.17, 15) is 25.0 Å².